The summed E-state index contributed by atoms with van der Waals surface area (Å²) in [6.45, 7) is 3.66. The van der Waals surface area contributed by atoms with Crippen LogP contribution >= 0.6 is 11.6 Å². The molecule has 2 N–H and O–H groups in total. The number of piperidine rings is 1. The molecule has 1 aliphatic heterocycles. The molecule has 2 rings (SSSR count). The standard InChI is InChI=1S/C12H17ClN4O2/c1-2-19-12(18)8-3-5-17(6-4-8)11-9(14)10(13)15-7-16-11/h7-8H,2-6,14H2,1H3. The van der Waals surface area contributed by atoms with E-state index in [1.807, 2.05) is 11.8 Å². The van der Waals surface area contributed by atoms with E-state index in [-0.39, 0.29) is 17.0 Å². The Morgan fingerprint density at radius 2 is 2.21 bits per heavy atom. The third kappa shape index (κ3) is 3.07. The van der Waals surface area contributed by atoms with Crippen molar-refractivity contribution in [1.82, 2.24) is 9.97 Å². The van der Waals surface area contributed by atoms with Crippen LogP contribution in [0.4, 0.5) is 11.5 Å². The number of halogens is 1. The van der Waals surface area contributed by atoms with Crippen LogP contribution in [0.25, 0.3) is 0 Å². The van der Waals surface area contributed by atoms with Crippen molar-refractivity contribution in [2.75, 3.05) is 30.3 Å². The number of ether oxygens (including phenoxy) is 1. The van der Waals surface area contributed by atoms with Crippen LogP contribution < -0.4 is 10.6 Å². The van der Waals surface area contributed by atoms with E-state index < -0.39 is 0 Å². The maximum Gasteiger partial charge on any atom is 0.309 e. The highest BCUT2D eigenvalue weighted by Gasteiger charge is 2.27. The lowest BCUT2D eigenvalue weighted by Crippen LogP contribution is -2.37. The second-order valence-corrected chi connectivity index (χ2v) is 4.77. The monoisotopic (exact) mass is 284 g/mol. The molecular weight excluding hydrogens is 268 g/mol. The van der Waals surface area contributed by atoms with Crippen LogP contribution in [0.1, 0.15) is 19.8 Å². The Morgan fingerprint density at radius 3 is 2.84 bits per heavy atom. The molecule has 19 heavy (non-hydrogen) atoms. The number of carbonyl (C=O) groups is 1. The van der Waals surface area contributed by atoms with E-state index in [0.29, 0.717) is 31.2 Å². The normalized spacial score (nSPS) is 16.4. The van der Waals surface area contributed by atoms with Crippen LogP contribution in [0, 0.1) is 5.92 Å². The Hall–Kier alpha value is -1.56. The number of nitrogen functional groups attached to an aromatic ring is 1. The summed E-state index contributed by atoms with van der Waals surface area (Å²) in [7, 11) is 0. The van der Waals surface area contributed by atoms with E-state index in [0.717, 1.165) is 12.8 Å². The first-order valence-corrected chi connectivity index (χ1v) is 6.68. The average molecular weight is 285 g/mol. The van der Waals surface area contributed by atoms with Gasteiger partial charge in [-0.25, -0.2) is 9.97 Å². The average Bonchev–Trinajstić information content (AvgIpc) is 2.42. The van der Waals surface area contributed by atoms with Gasteiger partial charge in [-0.2, -0.15) is 0 Å². The number of rotatable bonds is 3. The number of esters is 1. The van der Waals surface area contributed by atoms with Crippen molar-refractivity contribution in [2.24, 2.45) is 5.92 Å². The van der Waals surface area contributed by atoms with Crippen molar-refractivity contribution in [3.8, 4) is 0 Å². The smallest absolute Gasteiger partial charge is 0.309 e. The molecule has 0 spiro atoms. The van der Waals surface area contributed by atoms with E-state index in [1.54, 1.807) is 0 Å². The van der Waals surface area contributed by atoms with Crippen LogP contribution in [0.5, 0.6) is 0 Å². The van der Waals surface area contributed by atoms with Gasteiger partial charge in [-0.3, -0.25) is 4.79 Å². The van der Waals surface area contributed by atoms with Gasteiger partial charge in [0, 0.05) is 13.1 Å². The van der Waals surface area contributed by atoms with Gasteiger partial charge < -0.3 is 15.4 Å². The van der Waals surface area contributed by atoms with E-state index in [9.17, 15) is 4.79 Å². The molecule has 1 aromatic rings. The Labute approximate surface area is 116 Å². The summed E-state index contributed by atoms with van der Waals surface area (Å²) in [5, 5.41) is 0.262. The van der Waals surface area contributed by atoms with E-state index in [2.05, 4.69) is 9.97 Å². The highest BCUT2D eigenvalue weighted by Crippen LogP contribution is 2.29. The fourth-order valence-corrected chi connectivity index (χ4v) is 2.33. The summed E-state index contributed by atoms with van der Waals surface area (Å²) < 4.78 is 5.04. The van der Waals surface area contributed by atoms with Crippen LogP contribution in [0.15, 0.2) is 6.33 Å². The predicted octanol–water partition coefficient (Wildman–Crippen LogP) is 1.49. The molecule has 0 aliphatic carbocycles. The van der Waals surface area contributed by atoms with Crippen molar-refractivity contribution < 1.29 is 9.53 Å². The molecule has 1 aromatic heterocycles. The Balaban J connectivity index is 2.00. The summed E-state index contributed by atoms with van der Waals surface area (Å²) in [4.78, 5) is 21.7. The van der Waals surface area contributed by atoms with Crippen LogP contribution in [-0.2, 0) is 9.53 Å². The maximum atomic E-state index is 11.7. The molecule has 2 heterocycles. The van der Waals surface area contributed by atoms with E-state index in [4.69, 9.17) is 22.1 Å². The Morgan fingerprint density at radius 1 is 1.53 bits per heavy atom. The van der Waals surface area contributed by atoms with E-state index >= 15 is 0 Å². The lowest BCUT2D eigenvalue weighted by molar-refractivity contribution is -0.148. The summed E-state index contributed by atoms with van der Waals surface area (Å²) >= 11 is 5.88. The van der Waals surface area contributed by atoms with Gasteiger partial charge in [-0.15, -0.1) is 0 Å². The predicted molar refractivity (Wildman–Crippen MR) is 73.0 cm³/mol. The van der Waals surface area contributed by atoms with Crippen LogP contribution in [0.3, 0.4) is 0 Å². The topological polar surface area (TPSA) is 81.3 Å². The van der Waals surface area contributed by atoms with E-state index in [1.165, 1.54) is 6.33 Å². The zero-order chi connectivity index (χ0) is 13.8. The number of hydrogen-bond acceptors (Lipinski definition) is 6. The molecule has 0 saturated carbocycles. The second-order valence-electron chi connectivity index (χ2n) is 4.42. The van der Waals surface area contributed by atoms with Gasteiger partial charge in [0.25, 0.3) is 0 Å². The summed E-state index contributed by atoms with van der Waals surface area (Å²) in [6.07, 6.45) is 2.87. The molecular formula is C12H17ClN4O2. The molecule has 0 atom stereocenters. The molecule has 1 fully saturated rings. The Kier molecular flexibility index (Phi) is 4.42. The molecule has 1 saturated heterocycles. The first-order chi connectivity index (χ1) is 9.13. The molecule has 0 amide bonds. The molecule has 7 heteroatoms. The van der Waals surface area contributed by atoms with Crippen molar-refractivity contribution >= 4 is 29.1 Å². The number of aromatic nitrogens is 2. The minimum Gasteiger partial charge on any atom is -0.466 e. The zero-order valence-electron chi connectivity index (χ0n) is 10.8. The zero-order valence-corrected chi connectivity index (χ0v) is 11.6. The third-order valence-corrected chi connectivity index (χ3v) is 3.53. The van der Waals surface area contributed by atoms with Crippen molar-refractivity contribution in [3.05, 3.63) is 11.5 Å². The lowest BCUT2D eigenvalue weighted by atomic mass is 9.97. The maximum absolute atomic E-state index is 11.7. The summed E-state index contributed by atoms with van der Waals surface area (Å²) in [5.74, 6) is 0.493. The fraction of sp³-hybridized carbons (Fsp3) is 0.583. The van der Waals surface area contributed by atoms with Gasteiger partial charge in [-0.1, -0.05) is 11.6 Å². The highest BCUT2D eigenvalue weighted by molar-refractivity contribution is 6.32. The Bertz CT molecular complexity index is 461. The van der Waals surface area contributed by atoms with Crippen molar-refractivity contribution in [1.29, 1.82) is 0 Å². The molecule has 0 radical (unpaired) electrons. The van der Waals surface area contributed by atoms with Gasteiger partial charge in [0.15, 0.2) is 11.0 Å². The highest BCUT2D eigenvalue weighted by atomic mass is 35.5. The van der Waals surface area contributed by atoms with Gasteiger partial charge in [-0.05, 0) is 19.8 Å². The SMILES string of the molecule is CCOC(=O)C1CCN(c2ncnc(Cl)c2N)CC1. The molecule has 0 aromatic carbocycles. The second kappa shape index (κ2) is 6.06. The van der Waals surface area contributed by atoms with Crippen LogP contribution in [0.2, 0.25) is 5.15 Å². The quantitative estimate of drug-likeness (QED) is 0.669. The third-order valence-electron chi connectivity index (χ3n) is 3.23. The van der Waals surface area contributed by atoms with Crippen LogP contribution in [-0.4, -0.2) is 35.6 Å². The fourth-order valence-electron chi connectivity index (χ4n) is 2.20. The summed E-state index contributed by atoms with van der Waals surface area (Å²) in [6, 6.07) is 0. The molecule has 0 bridgehead atoms. The lowest BCUT2D eigenvalue weighted by Gasteiger charge is -2.32. The first-order valence-electron chi connectivity index (χ1n) is 6.31. The van der Waals surface area contributed by atoms with Crippen molar-refractivity contribution in [3.63, 3.8) is 0 Å². The molecule has 6 nitrogen and oxygen atoms in total. The molecule has 104 valence electrons. The van der Waals surface area contributed by atoms with Gasteiger partial charge in [0.2, 0.25) is 0 Å². The minimum absolute atomic E-state index is 0.0327. The summed E-state index contributed by atoms with van der Waals surface area (Å²) in [5.41, 5.74) is 6.25. The number of nitrogens with two attached hydrogens (primary N) is 1. The molecule has 1 aliphatic rings. The van der Waals surface area contributed by atoms with Gasteiger partial charge in [0.1, 0.15) is 12.0 Å². The number of hydrogen-bond donors (Lipinski definition) is 1. The first kappa shape index (κ1) is 13.9. The van der Waals surface area contributed by atoms with Gasteiger partial charge >= 0.3 is 5.97 Å². The number of carbonyl (C=O) groups excluding carboxylic acids is 1. The van der Waals surface area contributed by atoms with Gasteiger partial charge in [0.05, 0.1) is 12.5 Å². The largest absolute Gasteiger partial charge is 0.466 e. The minimum atomic E-state index is -0.115. The van der Waals surface area contributed by atoms with Crippen molar-refractivity contribution in [2.45, 2.75) is 19.8 Å². The molecule has 0 unspecified atom stereocenters. The number of nitrogens with zero attached hydrogens (tertiary/aromatic N) is 3. The number of anilines is 2.